The molecular weight excluding hydrogens is 374 g/mol. The summed E-state index contributed by atoms with van der Waals surface area (Å²) in [4.78, 5) is 40.4. The van der Waals surface area contributed by atoms with Crippen LogP contribution in [0, 0.1) is 11.8 Å². The van der Waals surface area contributed by atoms with Crippen LogP contribution in [-0.4, -0.2) is 60.1 Å². The van der Waals surface area contributed by atoms with Crippen molar-refractivity contribution in [3.63, 3.8) is 0 Å². The van der Waals surface area contributed by atoms with Gasteiger partial charge in [-0.25, -0.2) is 0 Å². The molecule has 1 aromatic carbocycles. The number of ether oxygens (including phenoxy) is 1. The number of hydrogen-bond acceptors (Lipinski definition) is 6. The van der Waals surface area contributed by atoms with Crippen LogP contribution in [0.15, 0.2) is 18.2 Å². The van der Waals surface area contributed by atoms with Crippen molar-refractivity contribution in [1.29, 1.82) is 0 Å². The molecule has 0 radical (unpaired) electrons. The number of likely N-dealkylation sites (tertiary alicyclic amines) is 1. The number of nitrogens with zero attached hydrogens (tertiary/aromatic N) is 1. The van der Waals surface area contributed by atoms with E-state index in [0.717, 1.165) is 4.90 Å². The van der Waals surface area contributed by atoms with Crippen molar-refractivity contribution < 1.29 is 24.2 Å². The Bertz CT molecular complexity index is 844. The zero-order valence-electron chi connectivity index (χ0n) is 14.9. The predicted molar refractivity (Wildman–Crippen MR) is 95.9 cm³/mol. The highest BCUT2D eigenvalue weighted by molar-refractivity contribution is 6.35. The van der Waals surface area contributed by atoms with Gasteiger partial charge in [-0.1, -0.05) is 23.7 Å². The molecule has 4 rings (SSSR count). The summed E-state index contributed by atoms with van der Waals surface area (Å²) in [6, 6.07) is 4.31. The lowest BCUT2D eigenvalue weighted by Gasteiger charge is -2.30. The van der Waals surface area contributed by atoms with E-state index < -0.39 is 47.2 Å². The van der Waals surface area contributed by atoms with E-state index >= 15 is 0 Å². The number of carbonyl (C=O) groups is 3. The van der Waals surface area contributed by atoms with Gasteiger partial charge in [0.15, 0.2) is 0 Å². The largest absolute Gasteiger partial charge is 0.392 e. The predicted octanol–water partition coefficient (Wildman–Crippen LogP) is 0.0876. The fourth-order valence-electron chi connectivity index (χ4n) is 4.60. The van der Waals surface area contributed by atoms with Crippen LogP contribution in [0.5, 0.6) is 0 Å². The molecule has 3 aliphatic rings. The zero-order chi connectivity index (χ0) is 19.5. The summed E-state index contributed by atoms with van der Waals surface area (Å²) in [5.41, 5.74) is -0.494. The van der Waals surface area contributed by atoms with E-state index in [1.807, 2.05) is 0 Å². The highest BCUT2D eigenvalue weighted by Gasteiger charge is 2.71. The summed E-state index contributed by atoms with van der Waals surface area (Å²) in [7, 11) is 1.48. The minimum atomic E-state index is -1.44. The van der Waals surface area contributed by atoms with Gasteiger partial charge in [-0.15, -0.1) is 0 Å². The van der Waals surface area contributed by atoms with E-state index in [1.54, 1.807) is 18.2 Å². The normalized spacial score (nSPS) is 32.8. The van der Waals surface area contributed by atoms with Crippen molar-refractivity contribution in [2.75, 3.05) is 25.6 Å². The Morgan fingerprint density at radius 3 is 2.74 bits per heavy atom. The maximum absolute atomic E-state index is 13.2. The summed E-state index contributed by atoms with van der Waals surface area (Å²) in [6.07, 6.45) is -0.938. The average molecular weight is 394 g/mol. The first-order chi connectivity index (χ1) is 12.8. The van der Waals surface area contributed by atoms with Gasteiger partial charge in [0.1, 0.15) is 5.54 Å². The number of aliphatic hydroxyl groups is 1. The number of para-hydroxylation sites is 1. The minimum absolute atomic E-state index is 0.105. The van der Waals surface area contributed by atoms with Crippen LogP contribution in [0.3, 0.4) is 0 Å². The third-order valence-corrected chi connectivity index (χ3v) is 6.08. The number of imide groups is 1. The molecule has 8 nitrogen and oxygen atoms in total. The van der Waals surface area contributed by atoms with Crippen molar-refractivity contribution in [1.82, 2.24) is 10.2 Å². The van der Waals surface area contributed by atoms with E-state index in [2.05, 4.69) is 10.6 Å². The van der Waals surface area contributed by atoms with Crippen LogP contribution in [0.1, 0.15) is 12.5 Å². The van der Waals surface area contributed by atoms with E-state index in [0.29, 0.717) is 16.3 Å². The molecule has 3 aliphatic heterocycles. The van der Waals surface area contributed by atoms with Crippen LogP contribution in [0.25, 0.3) is 0 Å². The highest BCUT2D eigenvalue weighted by Crippen LogP contribution is 2.54. The number of halogens is 1. The van der Waals surface area contributed by atoms with Gasteiger partial charge >= 0.3 is 0 Å². The molecule has 0 aromatic heterocycles. The third-order valence-electron chi connectivity index (χ3n) is 5.76. The van der Waals surface area contributed by atoms with E-state index in [9.17, 15) is 19.5 Å². The van der Waals surface area contributed by atoms with Crippen LogP contribution < -0.4 is 10.6 Å². The average Bonchev–Trinajstić information content (AvgIpc) is 3.21. The fraction of sp³-hybridized carbons (Fsp3) is 0.500. The quantitative estimate of drug-likeness (QED) is 0.626. The summed E-state index contributed by atoms with van der Waals surface area (Å²) in [5.74, 6) is -3.09. The maximum Gasteiger partial charge on any atom is 0.250 e. The molecule has 9 heteroatoms. The van der Waals surface area contributed by atoms with Gasteiger partial charge in [-0.3, -0.25) is 24.6 Å². The molecule has 0 unspecified atom stereocenters. The van der Waals surface area contributed by atoms with E-state index in [1.165, 1.54) is 14.0 Å². The standard InChI is InChI=1S/C18H20ClN3O5/c1-8(23)13-11-12(16(25)22(15(11)24)6-7-27-2)18(21-13)9-4-3-5-10(19)14(9)20-17(18)26/h3-5,8,11-13,21,23H,6-7H2,1-2H3,(H,20,26)/t8-,11+,12+,13+,18+/m1/s1. The second-order valence-electron chi connectivity index (χ2n) is 7.16. The van der Waals surface area contributed by atoms with Gasteiger partial charge in [-0.2, -0.15) is 0 Å². The summed E-state index contributed by atoms with van der Waals surface area (Å²) in [5, 5.41) is 16.5. The number of fused-ring (bicyclic) bond motifs is 4. The lowest BCUT2D eigenvalue weighted by atomic mass is 9.76. The second kappa shape index (κ2) is 6.27. The van der Waals surface area contributed by atoms with Crippen molar-refractivity contribution >= 4 is 35.0 Å². The van der Waals surface area contributed by atoms with Crippen LogP contribution >= 0.6 is 11.6 Å². The number of nitrogens with one attached hydrogen (secondary N) is 2. The molecule has 2 fully saturated rings. The summed E-state index contributed by atoms with van der Waals surface area (Å²) in [6.45, 7) is 1.84. The van der Waals surface area contributed by atoms with Gasteiger partial charge in [0, 0.05) is 18.7 Å². The molecule has 3 amide bonds. The lowest BCUT2D eigenvalue weighted by Crippen LogP contribution is -2.55. The molecule has 1 aromatic rings. The molecule has 3 N–H and O–H groups in total. The third kappa shape index (κ3) is 2.30. The van der Waals surface area contributed by atoms with Crippen LogP contribution in [-0.2, 0) is 24.7 Å². The second-order valence-corrected chi connectivity index (χ2v) is 7.57. The Hall–Kier alpha value is -2.00. The Balaban J connectivity index is 1.87. The Morgan fingerprint density at radius 2 is 2.07 bits per heavy atom. The Morgan fingerprint density at radius 1 is 1.33 bits per heavy atom. The number of rotatable bonds is 4. The molecule has 2 saturated heterocycles. The molecule has 144 valence electrons. The van der Waals surface area contributed by atoms with Crippen molar-refractivity contribution in [2.24, 2.45) is 11.8 Å². The molecule has 0 bridgehead atoms. The van der Waals surface area contributed by atoms with Crippen molar-refractivity contribution in [2.45, 2.75) is 24.6 Å². The molecule has 0 saturated carbocycles. The molecular formula is C18H20ClN3O5. The number of anilines is 1. The lowest BCUT2D eigenvalue weighted by molar-refractivity contribution is -0.143. The molecule has 0 aliphatic carbocycles. The van der Waals surface area contributed by atoms with E-state index in [-0.39, 0.29) is 13.2 Å². The number of hydrogen-bond donors (Lipinski definition) is 3. The topological polar surface area (TPSA) is 108 Å². The van der Waals surface area contributed by atoms with Crippen molar-refractivity contribution in [3.05, 3.63) is 28.8 Å². The molecule has 5 atom stereocenters. The van der Waals surface area contributed by atoms with Gasteiger partial charge in [0.2, 0.25) is 17.7 Å². The highest BCUT2D eigenvalue weighted by atomic mass is 35.5. The van der Waals surface area contributed by atoms with Crippen LogP contribution in [0.2, 0.25) is 5.02 Å². The van der Waals surface area contributed by atoms with Gasteiger partial charge < -0.3 is 15.2 Å². The Kier molecular flexibility index (Phi) is 4.27. The summed E-state index contributed by atoms with van der Waals surface area (Å²) >= 11 is 6.23. The van der Waals surface area contributed by atoms with Gasteiger partial charge in [0.05, 0.1) is 41.8 Å². The number of methoxy groups -OCH3 is 1. The molecule has 1 spiro atoms. The molecule has 27 heavy (non-hydrogen) atoms. The first kappa shape index (κ1) is 18.4. The van der Waals surface area contributed by atoms with Gasteiger partial charge in [0.25, 0.3) is 0 Å². The minimum Gasteiger partial charge on any atom is -0.392 e. The number of aliphatic hydroxyl groups excluding tert-OH is 1. The number of amides is 3. The maximum atomic E-state index is 13.2. The monoisotopic (exact) mass is 393 g/mol. The Labute approximate surface area is 160 Å². The zero-order valence-corrected chi connectivity index (χ0v) is 15.6. The number of benzene rings is 1. The molecule has 3 heterocycles. The van der Waals surface area contributed by atoms with Crippen molar-refractivity contribution in [3.8, 4) is 0 Å². The van der Waals surface area contributed by atoms with E-state index in [4.69, 9.17) is 16.3 Å². The first-order valence-electron chi connectivity index (χ1n) is 8.75. The fourth-order valence-corrected chi connectivity index (χ4v) is 4.82. The number of carbonyl (C=O) groups excluding carboxylic acids is 3. The van der Waals surface area contributed by atoms with Crippen LogP contribution in [0.4, 0.5) is 5.69 Å². The van der Waals surface area contributed by atoms with Gasteiger partial charge in [-0.05, 0) is 13.0 Å². The summed E-state index contributed by atoms with van der Waals surface area (Å²) < 4.78 is 5.00. The SMILES string of the molecule is COCCN1C(=O)[C@@H]2[C@H]([C@@H](C)O)N[C@]3(C(=O)Nc4c(Cl)cccc43)[C@@H]2C1=O. The smallest absolute Gasteiger partial charge is 0.250 e. The first-order valence-corrected chi connectivity index (χ1v) is 9.12.